The fourth-order valence-electron chi connectivity index (χ4n) is 1.56. The van der Waals surface area contributed by atoms with Crippen LogP contribution in [0.15, 0.2) is 24.5 Å². The minimum absolute atomic E-state index is 0.00101. The standard InChI is InChI=1S/C11H11FN4O3/c1-19-11-3-9(8(12)2-10(11)16(17)18)13-4-7-5-14-15-6-7/h2-3,5-6,13H,4H2,1H3,(H,14,15). The van der Waals surface area contributed by atoms with Gasteiger partial charge in [0.15, 0.2) is 11.6 Å². The summed E-state index contributed by atoms with van der Waals surface area (Å²) in [5, 5.41) is 19.9. The summed E-state index contributed by atoms with van der Waals surface area (Å²) in [7, 11) is 1.29. The summed E-state index contributed by atoms with van der Waals surface area (Å²) >= 11 is 0. The normalized spacial score (nSPS) is 10.2. The third kappa shape index (κ3) is 2.79. The number of ether oxygens (including phenoxy) is 1. The molecule has 19 heavy (non-hydrogen) atoms. The first-order chi connectivity index (χ1) is 9.11. The summed E-state index contributed by atoms with van der Waals surface area (Å²) in [6.07, 6.45) is 3.25. The van der Waals surface area contributed by atoms with Crippen LogP contribution in [0.25, 0.3) is 0 Å². The highest BCUT2D eigenvalue weighted by Gasteiger charge is 2.19. The Balaban J connectivity index is 2.23. The molecule has 2 N–H and O–H groups in total. The van der Waals surface area contributed by atoms with Gasteiger partial charge in [0.1, 0.15) is 0 Å². The van der Waals surface area contributed by atoms with Gasteiger partial charge in [-0.1, -0.05) is 0 Å². The van der Waals surface area contributed by atoms with Crippen molar-refractivity contribution in [1.29, 1.82) is 0 Å². The third-order valence-electron chi connectivity index (χ3n) is 2.50. The zero-order valence-electron chi connectivity index (χ0n) is 10.0. The fraction of sp³-hybridized carbons (Fsp3) is 0.182. The van der Waals surface area contributed by atoms with Gasteiger partial charge >= 0.3 is 5.69 Å². The van der Waals surface area contributed by atoms with E-state index in [1.54, 1.807) is 12.4 Å². The molecule has 0 unspecified atom stereocenters. The molecule has 0 fully saturated rings. The van der Waals surface area contributed by atoms with Crippen LogP contribution in [0.4, 0.5) is 15.8 Å². The van der Waals surface area contributed by atoms with E-state index in [0.29, 0.717) is 6.54 Å². The van der Waals surface area contributed by atoms with Crippen LogP contribution in [0.1, 0.15) is 5.56 Å². The fourth-order valence-corrected chi connectivity index (χ4v) is 1.56. The second kappa shape index (κ2) is 5.34. The molecule has 1 aromatic heterocycles. The Hall–Kier alpha value is -2.64. The van der Waals surface area contributed by atoms with Gasteiger partial charge in [-0.3, -0.25) is 15.2 Å². The van der Waals surface area contributed by atoms with E-state index in [-0.39, 0.29) is 11.4 Å². The molecule has 0 atom stereocenters. The summed E-state index contributed by atoms with van der Waals surface area (Å²) < 4.78 is 18.6. The minimum Gasteiger partial charge on any atom is -0.490 e. The second-order valence-corrected chi connectivity index (χ2v) is 3.72. The number of aromatic nitrogens is 2. The topological polar surface area (TPSA) is 93.1 Å². The monoisotopic (exact) mass is 266 g/mol. The average molecular weight is 266 g/mol. The maximum Gasteiger partial charge on any atom is 0.313 e. The number of nitro groups is 1. The van der Waals surface area contributed by atoms with E-state index in [9.17, 15) is 14.5 Å². The average Bonchev–Trinajstić information content (AvgIpc) is 2.90. The molecule has 1 aromatic carbocycles. The quantitative estimate of drug-likeness (QED) is 0.638. The molecule has 0 bridgehead atoms. The Morgan fingerprint density at radius 1 is 1.58 bits per heavy atom. The van der Waals surface area contributed by atoms with Crippen LogP contribution in [0.3, 0.4) is 0 Å². The zero-order chi connectivity index (χ0) is 13.8. The Morgan fingerprint density at radius 3 is 2.95 bits per heavy atom. The van der Waals surface area contributed by atoms with Crippen LogP contribution >= 0.6 is 0 Å². The number of methoxy groups -OCH3 is 1. The molecule has 7 nitrogen and oxygen atoms in total. The van der Waals surface area contributed by atoms with Gasteiger partial charge in [-0.15, -0.1) is 0 Å². The lowest BCUT2D eigenvalue weighted by molar-refractivity contribution is -0.385. The van der Waals surface area contributed by atoms with Crippen molar-refractivity contribution in [3.05, 3.63) is 46.0 Å². The highest BCUT2D eigenvalue weighted by Crippen LogP contribution is 2.32. The number of rotatable bonds is 5. The van der Waals surface area contributed by atoms with Crippen LogP contribution in [-0.4, -0.2) is 22.2 Å². The highest BCUT2D eigenvalue weighted by atomic mass is 19.1. The van der Waals surface area contributed by atoms with Gasteiger partial charge < -0.3 is 10.1 Å². The van der Waals surface area contributed by atoms with E-state index < -0.39 is 16.4 Å². The minimum atomic E-state index is -0.712. The summed E-state index contributed by atoms with van der Waals surface area (Å²) in [6.45, 7) is 0.342. The van der Waals surface area contributed by atoms with E-state index in [2.05, 4.69) is 15.5 Å². The van der Waals surface area contributed by atoms with Crippen molar-refractivity contribution in [3.8, 4) is 5.75 Å². The first-order valence-corrected chi connectivity index (χ1v) is 5.35. The Labute approximate surface area is 107 Å². The van der Waals surface area contributed by atoms with Crippen molar-refractivity contribution in [2.45, 2.75) is 6.54 Å². The van der Waals surface area contributed by atoms with E-state index in [1.165, 1.54) is 13.2 Å². The highest BCUT2D eigenvalue weighted by molar-refractivity contribution is 5.59. The number of halogens is 1. The van der Waals surface area contributed by atoms with E-state index in [0.717, 1.165) is 11.6 Å². The molecule has 2 aromatic rings. The number of hydrogen-bond donors (Lipinski definition) is 2. The van der Waals surface area contributed by atoms with Gasteiger partial charge in [-0.05, 0) is 0 Å². The summed E-state index contributed by atoms with van der Waals surface area (Å²) in [5.41, 5.74) is 0.550. The van der Waals surface area contributed by atoms with Crippen molar-refractivity contribution in [2.24, 2.45) is 0 Å². The maximum absolute atomic E-state index is 13.7. The molecular formula is C11H11FN4O3. The molecule has 0 saturated carbocycles. The SMILES string of the molecule is COc1cc(NCc2cn[nH]c2)c(F)cc1[N+](=O)[O-]. The Morgan fingerprint density at radius 2 is 2.37 bits per heavy atom. The molecule has 0 radical (unpaired) electrons. The van der Waals surface area contributed by atoms with Gasteiger partial charge in [0.2, 0.25) is 0 Å². The van der Waals surface area contributed by atoms with Gasteiger partial charge in [0.05, 0.1) is 30.0 Å². The second-order valence-electron chi connectivity index (χ2n) is 3.72. The molecule has 0 aliphatic heterocycles. The van der Waals surface area contributed by atoms with Crippen LogP contribution < -0.4 is 10.1 Å². The number of hydrogen-bond acceptors (Lipinski definition) is 5. The third-order valence-corrected chi connectivity index (χ3v) is 2.50. The lowest BCUT2D eigenvalue weighted by Crippen LogP contribution is -2.03. The molecule has 1 heterocycles. The molecule has 0 aliphatic rings. The van der Waals surface area contributed by atoms with Crippen molar-refractivity contribution < 1.29 is 14.1 Å². The number of benzene rings is 1. The lowest BCUT2D eigenvalue weighted by atomic mass is 10.2. The van der Waals surface area contributed by atoms with Gasteiger partial charge in [0.25, 0.3) is 0 Å². The lowest BCUT2D eigenvalue weighted by Gasteiger charge is -2.08. The summed E-state index contributed by atoms with van der Waals surface area (Å²) in [4.78, 5) is 10.0. The first-order valence-electron chi connectivity index (χ1n) is 5.35. The number of anilines is 1. The molecule has 8 heteroatoms. The smallest absolute Gasteiger partial charge is 0.313 e. The molecule has 2 rings (SSSR count). The zero-order valence-corrected chi connectivity index (χ0v) is 10.0. The van der Waals surface area contributed by atoms with Crippen LogP contribution in [0.5, 0.6) is 5.75 Å². The largest absolute Gasteiger partial charge is 0.490 e. The van der Waals surface area contributed by atoms with Crippen molar-refractivity contribution in [1.82, 2.24) is 10.2 Å². The molecule has 0 saturated heterocycles. The molecule has 0 aliphatic carbocycles. The van der Waals surface area contributed by atoms with Crippen molar-refractivity contribution in [3.63, 3.8) is 0 Å². The Kier molecular flexibility index (Phi) is 3.60. The summed E-state index contributed by atoms with van der Waals surface area (Å²) in [5.74, 6) is -0.711. The predicted molar refractivity (Wildman–Crippen MR) is 65.5 cm³/mol. The van der Waals surface area contributed by atoms with Crippen LogP contribution in [0.2, 0.25) is 0 Å². The molecular weight excluding hydrogens is 255 g/mol. The first kappa shape index (κ1) is 12.8. The van der Waals surface area contributed by atoms with Crippen LogP contribution in [0, 0.1) is 15.9 Å². The predicted octanol–water partition coefficient (Wildman–Crippen LogP) is 2.08. The number of nitro benzene ring substituents is 1. The number of nitrogens with zero attached hydrogens (tertiary/aromatic N) is 2. The van der Waals surface area contributed by atoms with Gasteiger partial charge in [-0.2, -0.15) is 5.10 Å². The Bertz CT molecular complexity index is 586. The van der Waals surface area contributed by atoms with Crippen molar-refractivity contribution >= 4 is 11.4 Å². The number of aromatic amines is 1. The van der Waals surface area contributed by atoms with E-state index in [1.807, 2.05) is 0 Å². The van der Waals surface area contributed by atoms with E-state index in [4.69, 9.17) is 4.74 Å². The van der Waals surface area contributed by atoms with Crippen LogP contribution in [-0.2, 0) is 6.54 Å². The number of H-pyrrole nitrogens is 1. The van der Waals surface area contributed by atoms with Crippen molar-refractivity contribution in [2.75, 3.05) is 12.4 Å². The number of nitrogens with one attached hydrogen (secondary N) is 2. The summed E-state index contributed by atoms with van der Waals surface area (Å²) in [6, 6.07) is 2.09. The molecule has 0 amide bonds. The van der Waals surface area contributed by atoms with Gasteiger partial charge in [0, 0.05) is 24.4 Å². The molecule has 0 spiro atoms. The maximum atomic E-state index is 13.7. The molecule has 100 valence electrons. The van der Waals surface area contributed by atoms with Gasteiger partial charge in [-0.25, -0.2) is 4.39 Å². The van der Waals surface area contributed by atoms with E-state index >= 15 is 0 Å².